The van der Waals surface area contributed by atoms with E-state index in [1.54, 1.807) is 6.20 Å². The van der Waals surface area contributed by atoms with Crippen molar-refractivity contribution in [2.24, 2.45) is 39.8 Å². The monoisotopic (exact) mass is 683 g/mol. The highest BCUT2D eigenvalue weighted by Gasteiger charge is 2.32. The Kier molecular flexibility index (Phi) is 16.7. The average Bonchev–Trinajstić information content (AvgIpc) is 3.54. The van der Waals surface area contributed by atoms with Gasteiger partial charge in [-0.25, -0.2) is 4.98 Å². The lowest BCUT2D eigenvalue weighted by molar-refractivity contribution is -0.135. The van der Waals surface area contributed by atoms with Gasteiger partial charge >= 0.3 is 0 Å². The number of H-pyrrole nitrogens is 1. The van der Waals surface area contributed by atoms with Crippen LogP contribution < -0.4 is 44.2 Å². The quantitative estimate of drug-likeness (QED) is 0.0447. The molecule has 0 fully saturated rings. The van der Waals surface area contributed by atoms with E-state index in [0.29, 0.717) is 12.1 Å². The van der Waals surface area contributed by atoms with Gasteiger partial charge in [0.2, 0.25) is 29.5 Å². The zero-order valence-corrected chi connectivity index (χ0v) is 28.8. The van der Waals surface area contributed by atoms with Gasteiger partial charge in [-0.05, 0) is 43.1 Å². The van der Waals surface area contributed by atoms with Crippen LogP contribution in [0.5, 0.6) is 0 Å². The van der Waals surface area contributed by atoms with E-state index in [1.165, 1.54) is 6.33 Å². The summed E-state index contributed by atoms with van der Waals surface area (Å²) in [4.78, 5) is 76.9. The fourth-order valence-corrected chi connectivity index (χ4v) is 5.08. The fourth-order valence-electron chi connectivity index (χ4n) is 5.08. The minimum absolute atomic E-state index is 0.0143. The number of hydrogen-bond donors (Lipinski definition) is 9. The summed E-state index contributed by atoms with van der Waals surface area (Å²) in [6, 6.07) is 4.01. The van der Waals surface area contributed by atoms with Gasteiger partial charge in [-0.2, -0.15) is 0 Å². The lowest BCUT2D eigenvalue weighted by Crippen LogP contribution is -2.59. The van der Waals surface area contributed by atoms with Gasteiger partial charge in [0, 0.05) is 31.3 Å². The number of primary amides is 1. The molecule has 2 aromatic rings. The summed E-state index contributed by atoms with van der Waals surface area (Å²) in [6.07, 6.45) is 4.42. The van der Waals surface area contributed by atoms with Crippen molar-refractivity contribution in [2.75, 3.05) is 6.54 Å². The van der Waals surface area contributed by atoms with Crippen LogP contribution >= 0.6 is 0 Å². The Morgan fingerprint density at radius 2 is 1.29 bits per heavy atom. The molecule has 1 aromatic heterocycles. The highest BCUT2D eigenvalue weighted by Crippen LogP contribution is 2.12. The number of rotatable bonds is 21. The van der Waals surface area contributed by atoms with Gasteiger partial charge in [0.25, 0.3) is 0 Å². The van der Waals surface area contributed by atoms with E-state index in [2.05, 4.69) is 36.2 Å². The second-order valence-corrected chi connectivity index (χ2v) is 12.9. The van der Waals surface area contributed by atoms with Crippen LogP contribution in [0.2, 0.25) is 0 Å². The third-order valence-corrected chi connectivity index (χ3v) is 7.53. The summed E-state index contributed by atoms with van der Waals surface area (Å²) in [7, 11) is 0. The normalized spacial score (nSPS) is 14.2. The molecular weight excluding hydrogens is 630 g/mol. The molecular formula is C33H53N11O5. The van der Waals surface area contributed by atoms with Crippen molar-refractivity contribution in [1.82, 2.24) is 31.2 Å². The fraction of sp³-hybridized carbons (Fsp3) is 0.545. The maximum atomic E-state index is 13.8. The second kappa shape index (κ2) is 20.4. The van der Waals surface area contributed by atoms with E-state index in [4.69, 9.17) is 22.9 Å². The van der Waals surface area contributed by atoms with Gasteiger partial charge in [-0.3, -0.25) is 29.0 Å². The number of guanidine groups is 1. The zero-order chi connectivity index (χ0) is 36.5. The number of benzene rings is 1. The summed E-state index contributed by atoms with van der Waals surface area (Å²) >= 11 is 0. The topological polar surface area (TPSA) is 279 Å². The van der Waals surface area contributed by atoms with Gasteiger partial charge < -0.3 is 49.2 Å². The highest BCUT2D eigenvalue weighted by molar-refractivity contribution is 5.95. The number of hydrogen-bond acceptors (Lipinski definition) is 8. The molecule has 0 aliphatic heterocycles. The van der Waals surface area contributed by atoms with Gasteiger partial charge in [-0.1, -0.05) is 58.0 Å². The third kappa shape index (κ3) is 15.2. The van der Waals surface area contributed by atoms with Crippen molar-refractivity contribution < 1.29 is 24.0 Å². The number of nitrogens with zero attached hydrogens (tertiary/aromatic N) is 2. The zero-order valence-electron chi connectivity index (χ0n) is 28.8. The first-order chi connectivity index (χ1) is 23.2. The van der Waals surface area contributed by atoms with Gasteiger partial charge in [-0.15, -0.1) is 0 Å². The van der Waals surface area contributed by atoms with E-state index >= 15 is 0 Å². The van der Waals surface area contributed by atoms with Crippen LogP contribution in [0.25, 0.3) is 0 Å². The van der Waals surface area contributed by atoms with Crippen LogP contribution in [0.3, 0.4) is 0 Å². The van der Waals surface area contributed by atoms with E-state index in [1.807, 2.05) is 58.0 Å². The molecule has 270 valence electrons. The van der Waals surface area contributed by atoms with Gasteiger partial charge in [0.15, 0.2) is 5.96 Å². The summed E-state index contributed by atoms with van der Waals surface area (Å²) < 4.78 is 0. The number of carbonyl (C=O) groups is 5. The molecule has 49 heavy (non-hydrogen) atoms. The standard InChI is InChI=1S/C33H53N11O5/c1-19(2)13-25(30(47)41-24(28(35)45)11-8-12-39-33(36)37)43-31(48)26(14-20(3)4)44-32(49)27(15-21-9-6-5-7-10-21)42-29(46)23(34)16-22-17-38-18-40-22/h5-7,9-10,17-20,23-27H,8,11-16,34H2,1-4H3,(H2,35,45)(H,38,40)(H,41,47)(H,42,46)(H,43,48)(H,44,49)(H4,36,37,39)/t23-,24-,25-,26-,27-/m0/s1. The van der Waals surface area contributed by atoms with Crippen LogP contribution in [0.1, 0.15) is 64.6 Å². The number of aromatic amines is 1. The molecule has 0 radical (unpaired) electrons. The summed E-state index contributed by atoms with van der Waals surface area (Å²) in [5, 5.41) is 11.0. The number of aliphatic imine (C=N–C) groups is 1. The van der Waals surface area contributed by atoms with Crippen LogP contribution in [-0.4, -0.2) is 82.2 Å². The van der Waals surface area contributed by atoms with Crippen LogP contribution in [0, 0.1) is 11.8 Å². The molecule has 13 N–H and O–H groups in total. The Hall–Kier alpha value is -4.99. The average molecular weight is 684 g/mol. The molecule has 16 nitrogen and oxygen atoms in total. The number of amides is 5. The Labute approximate surface area is 287 Å². The van der Waals surface area contributed by atoms with Crippen LogP contribution in [0.15, 0.2) is 47.8 Å². The molecule has 5 amide bonds. The molecule has 2 rings (SSSR count). The molecule has 0 saturated carbocycles. The minimum atomic E-state index is -1.06. The van der Waals surface area contributed by atoms with Crippen LogP contribution in [0.4, 0.5) is 0 Å². The molecule has 0 aliphatic rings. The molecule has 16 heteroatoms. The molecule has 0 bridgehead atoms. The maximum absolute atomic E-state index is 13.8. The number of aromatic nitrogens is 2. The maximum Gasteiger partial charge on any atom is 0.243 e. The molecule has 1 heterocycles. The SMILES string of the molecule is CC(C)C[C@H](NC(=O)[C@H](CC(C)C)NC(=O)[C@H](Cc1ccccc1)NC(=O)[C@@H](N)Cc1cnc[nH]1)C(=O)N[C@@H](CCCN=C(N)N)C(N)=O. The molecule has 1 aromatic carbocycles. The van der Waals surface area contributed by atoms with Crippen molar-refractivity contribution in [3.63, 3.8) is 0 Å². The van der Waals surface area contributed by atoms with E-state index in [-0.39, 0.29) is 56.4 Å². The number of carbonyl (C=O) groups excluding carboxylic acids is 5. The largest absolute Gasteiger partial charge is 0.370 e. The molecule has 0 unspecified atom stereocenters. The van der Waals surface area contributed by atoms with Crippen molar-refractivity contribution in [3.05, 3.63) is 54.1 Å². The van der Waals surface area contributed by atoms with E-state index < -0.39 is 59.7 Å². The predicted molar refractivity (Wildman–Crippen MR) is 186 cm³/mol. The van der Waals surface area contributed by atoms with Crippen molar-refractivity contribution in [3.8, 4) is 0 Å². The Morgan fingerprint density at radius 1 is 0.755 bits per heavy atom. The van der Waals surface area contributed by atoms with Crippen molar-refractivity contribution in [2.45, 2.75) is 96.4 Å². The first-order valence-corrected chi connectivity index (χ1v) is 16.5. The lowest BCUT2D eigenvalue weighted by atomic mass is 9.98. The first-order valence-electron chi connectivity index (χ1n) is 16.5. The van der Waals surface area contributed by atoms with Crippen molar-refractivity contribution in [1.29, 1.82) is 0 Å². The summed E-state index contributed by atoms with van der Waals surface area (Å²) in [6.45, 7) is 7.79. The van der Waals surface area contributed by atoms with Gasteiger partial charge in [0.05, 0.1) is 12.4 Å². The summed E-state index contributed by atoms with van der Waals surface area (Å²) in [5.74, 6) is -3.20. The number of nitrogens with one attached hydrogen (secondary N) is 5. The Balaban J connectivity index is 2.23. The van der Waals surface area contributed by atoms with E-state index in [9.17, 15) is 24.0 Å². The molecule has 0 spiro atoms. The highest BCUT2D eigenvalue weighted by atomic mass is 16.2. The van der Waals surface area contributed by atoms with Crippen molar-refractivity contribution >= 4 is 35.5 Å². The molecule has 0 aliphatic carbocycles. The van der Waals surface area contributed by atoms with E-state index in [0.717, 1.165) is 5.56 Å². The van der Waals surface area contributed by atoms with Gasteiger partial charge in [0.1, 0.15) is 24.2 Å². The smallest absolute Gasteiger partial charge is 0.243 e. The van der Waals surface area contributed by atoms with Crippen LogP contribution in [-0.2, 0) is 36.8 Å². The Bertz CT molecular complexity index is 1380. The summed E-state index contributed by atoms with van der Waals surface area (Å²) in [5.41, 5.74) is 23.8. The number of imidazole rings is 1. The number of nitrogens with two attached hydrogens (primary N) is 4. The molecule has 0 saturated heterocycles. The third-order valence-electron chi connectivity index (χ3n) is 7.53. The second-order valence-electron chi connectivity index (χ2n) is 12.9. The lowest BCUT2D eigenvalue weighted by Gasteiger charge is -2.28. The Morgan fingerprint density at radius 3 is 1.78 bits per heavy atom. The predicted octanol–water partition coefficient (Wildman–Crippen LogP) is -0.907. The minimum Gasteiger partial charge on any atom is -0.370 e. The molecule has 5 atom stereocenters. The first kappa shape index (κ1) is 40.2.